The molecule has 0 aromatic heterocycles. The van der Waals surface area contributed by atoms with Crippen molar-refractivity contribution in [1.29, 1.82) is 0 Å². The lowest BCUT2D eigenvalue weighted by atomic mass is 10.0. The quantitative estimate of drug-likeness (QED) is 0.918. The van der Waals surface area contributed by atoms with Crippen molar-refractivity contribution < 1.29 is 13.9 Å². The second kappa shape index (κ2) is 7.01. The molecule has 1 heterocycles. The maximum absolute atomic E-state index is 13.6. The number of hydrogen-bond acceptors (Lipinski definition) is 3. The number of nitrogens with two attached hydrogens (primary N) is 1. The van der Waals surface area contributed by atoms with Crippen LogP contribution < -0.4 is 10.5 Å². The standard InChI is InChI=1S/C19H21FN2O2/c1-22-17(10-11-18(22)19(21)23)13-6-8-15(9-7-13)24-12-14-4-2-3-5-16(14)20/h2-9,17-18H,10-12H2,1H3,(H2,21,23)/t17-,18+/m1/s1. The summed E-state index contributed by atoms with van der Waals surface area (Å²) >= 11 is 0. The lowest BCUT2D eigenvalue weighted by molar-refractivity contribution is -0.122. The zero-order chi connectivity index (χ0) is 17.1. The van der Waals surface area contributed by atoms with E-state index in [1.807, 2.05) is 36.2 Å². The van der Waals surface area contributed by atoms with Gasteiger partial charge >= 0.3 is 0 Å². The summed E-state index contributed by atoms with van der Waals surface area (Å²) in [5.74, 6) is 0.151. The summed E-state index contributed by atoms with van der Waals surface area (Å²) in [7, 11) is 1.93. The molecule has 0 aliphatic carbocycles. The fraction of sp³-hybridized carbons (Fsp3) is 0.316. The Hall–Kier alpha value is -2.40. The third-order valence-corrected chi connectivity index (χ3v) is 4.64. The van der Waals surface area contributed by atoms with Crippen LogP contribution in [0.1, 0.15) is 30.0 Å². The first-order chi connectivity index (χ1) is 11.6. The number of carbonyl (C=O) groups excluding carboxylic acids is 1. The van der Waals surface area contributed by atoms with E-state index in [-0.39, 0.29) is 30.4 Å². The highest BCUT2D eigenvalue weighted by molar-refractivity contribution is 5.80. The number of primary amides is 1. The minimum Gasteiger partial charge on any atom is -0.489 e. The molecule has 24 heavy (non-hydrogen) atoms. The number of nitrogens with zero attached hydrogens (tertiary/aromatic N) is 1. The molecule has 0 spiro atoms. The van der Waals surface area contributed by atoms with Gasteiger partial charge in [-0.05, 0) is 43.7 Å². The molecule has 2 atom stereocenters. The van der Waals surface area contributed by atoms with Crippen molar-refractivity contribution in [2.45, 2.75) is 31.5 Å². The number of hydrogen-bond donors (Lipinski definition) is 1. The molecule has 0 radical (unpaired) electrons. The van der Waals surface area contributed by atoms with Gasteiger partial charge in [0.15, 0.2) is 0 Å². The second-order valence-electron chi connectivity index (χ2n) is 6.13. The molecule has 2 aromatic carbocycles. The molecule has 3 rings (SSSR count). The monoisotopic (exact) mass is 328 g/mol. The van der Waals surface area contributed by atoms with Gasteiger partial charge in [0.2, 0.25) is 5.91 Å². The van der Waals surface area contributed by atoms with Crippen LogP contribution >= 0.6 is 0 Å². The van der Waals surface area contributed by atoms with Gasteiger partial charge in [-0.1, -0.05) is 30.3 Å². The summed E-state index contributed by atoms with van der Waals surface area (Å²) in [6.07, 6.45) is 1.68. The van der Waals surface area contributed by atoms with E-state index in [0.29, 0.717) is 11.3 Å². The Morgan fingerprint density at radius 3 is 2.54 bits per heavy atom. The van der Waals surface area contributed by atoms with E-state index in [1.165, 1.54) is 6.07 Å². The summed E-state index contributed by atoms with van der Waals surface area (Å²) in [6.45, 7) is 0.194. The van der Waals surface area contributed by atoms with Crippen LogP contribution in [0, 0.1) is 5.82 Å². The largest absolute Gasteiger partial charge is 0.489 e. The summed E-state index contributed by atoms with van der Waals surface area (Å²) in [5.41, 5.74) is 7.08. The third kappa shape index (κ3) is 3.41. The van der Waals surface area contributed by atoms with Crippen molar-refractivity contribution in [2.75, 3.05) is 7.05 Å². The van der Waals surface area contributed by atoms with Crippen LogP contribution in [-0.2, 0) is 11.4 Å². The number of halogens is 1. The van der Waals surface area contributed by atoms with Crippen molar-refractivity contribution in [2.24, 2.45) is 5.73 Å². The Balaban J connectivity index is 1.64. The number of likely N-dealkylation sites (tertiary alicyclic amines) is 1. The maximum Gasteiger partial charge on any atom is 0.234 e. The van der Waals surface area contributed by atoms with Crippen LogP contribution in [-0.4, -0.2) is 23.9 Å². The summed E-state index contributed by atoms with van der Waals surface area (Å²) in [5, 5.41) is 0. The van der Waals surface area contributed by atoms with Crippen LogP contribution in [0.5, 0.6) is 5.75 Å². The maximum atomic E-state index is 13.6. The molecule has 5 heteroatoms. The van der Waals surface area contributed by atoms with Crippen LogP contribution in [0.4, 0.5) is 4.39 Å². The van der Waals surface area contributed by atoms with Gasteiger partial charge in [0, 0.05) is 11.6 Å². The molecule has 126 valence electrons. The predicted octanol–water partition coefficient (Wildman–Crippen LogP) is 3.03. The molecule has 1 aliphatic heterocycles. The summed E-state index contributed by atoms with van der Waals surface area (Å²) in [6, 6.07) is 14.3. The molecule has 0 bridgehead atoms. The number of ether oxygens (including phenoxy) is 1. The van der Waals surface area contributed by atoms with E-state index in [2.05, 4.69) is 0 Å². The lowest BCUT2D eigenvalue weighted by Gasteiger charge is -2.24. The first-order valence-electron chi connectivity index (χ1n) is 8.03. The van der Waals surface area contributed by atoms with Gasteiger partial charge in [-0.3, -0.25) is 9.69 Å². The molecule has 2 N–H and O–H groups in total. The molecular formula is C19H21FN2O2. The first kappa shape index (κ1) is 16.5. The van der Waals surface area contributed by atoms with E-state index in [1.54, 1.807) is 18.2 Å². The van der Waals surface area contributed by atoms with Crippen LogP contribution in [0.3, 0.4) is 0 Å². The van der Waals surface area contributed by atoms with Crippen molar-refractivity contribution in [1.82, 2.24) is 4.90 Å². The number of benzene rings is 2. The Labute approximate surface area is 141 Å². The fourth-order valence-corrected chi connectivity index (χ4v) is 3.25. The van der Waals surface area contributed by atoms with Gasteiger partial charge in [-0.25, -0.2) is 4.39 Å². The van der Waals surface area contributed by atoms with E-state index in [9.17, 15) is 9.18 Å². The zero-order valence-corrected chi connectivity index (χ0v) is 13.6. The molecule has 0 unspecified atom stereocenters. The summed E-state index contributed by atoms with van der Waals surface area (Å²) in [4.78, 5) is 13.4. The average molecular weight is 328 g/mol. The minimum atomic E-state index is -0.273. The van der Waals surface area contributed by atoms with Crippen LogP contribution in [0.2, 0.25) is 0 Å². The number of rotatable bonds is 5. The normalized spacial score (nSPS) is 20.9. The van der Waals surface area contributed by atoms with Gasteiger partial charge in [0.05, 0.1) is 6.04 Å². The zero-order valence-electron chi connectivity index (χ0n) is 13.6. The average Bonchev–Trinajstić information content (AvgIpc) is 2.96. The molecule has 4 nitrogen and oxygen atoms in total. The van der Waals surface area contributed by atoms with E-state index in [0.717, 1.165) is 18.4 Å². The summed E-state index contributed by atoms with van der Waals surface area (Å²) < 4.78 is 19.2. The van der Waals surface area contributed by atoms with Crippen LogP contribution in [0.15, 0.2) is 48.5 Å². The molecule has 1 amide bonds. The SMILES string of the molecule is CN1[C@@H](c2ccc(OCc3ccccc3F)cc2)CC[C@H]1C(N)=O. The third-order valence-electron chi connectivity index (χ3n) is 4.64. The van der Waals surface area contributed by atoms with Gasteiger partial charge in [-0.2, -0.15) is 0 Å². The van der Waals surface area contributed by atoms with Crippen molar-refractivity contribution >= 4 is 5.91 Å². The van der Waals surface area contributed by atoms with Crippen LogP contribution in [0.25, 0.3) is 0 Å². The highest BCUT2D eigenvalue weighted by Gasteiger charge is 2.34. The van der Waals surface area contributed by atoms with Crippen molar-refractivity contribution in [3.05, 3.63) is 65.5 Å². The molecule has 1 aliphatic rings. The van der Waals surface area contributed by atoms with Gasteiger partial charge < -0.3 is 10.5 Å². The van der Waals surface area contributed by atoms with Gasteiger partial charge in [0.1, 0.15) is 18.2 Å². The molecule has 1 fully saturated rings. The minimum absolute atomic E-state index is 0.183. The smallest absolute Gasteiger partial charge is 0.234 e. The van der Waals surface area contributed by atoms with Crippen molar-refractivity contribution in [3.8, 4) is 5.75 Å². The number of carbonyl (C=O) groups is 1. The van der Waals surface area contributed by atoms with E-state index in [4.69, 9.17) is 10.5 Å². The van der Waals surface area contributed by atoms with Gasteiger partial charge in [-0.15, -0.1) is 0 Å². The first-order valence-corrected chi connectivity index (χ1v) is 8.03. The molecule has 1 saturated heterocycles. The Morgan fingerprint density at radius 2 is 1.92 bits per heavy atom. The predicted molar refractivity (Wildman–Crippen MR) is 89.9 cm³/mol. The highest BCUT2D eigenvalue weighted by Crippen LogP contribution is 2.35. The lowest BCUT2D eigenvalue weighted by Crippen LogP contribution is -2.38. The second-order valence-corrected chi connectivity index (χ2v) is 6.13. The number of likely N-dealkylation sites (N-methyl/N-ethyl adjacent to an activating group) is 1. The van der Waals surface area contributed by atoms with E-state index < -0.39 is 0 Å². The van der Waals surface area contributed by atoms with Gasteiger partial charge in [0.25, 0.3) is 0 Å². The number of amides is 1. The Morgan fingerprint density at radius 1 is 1.21 bits per heavy atom. The van der Waals surface area contributed by atoms with Crippen molar-refractivity contribution in [3.63, 3.8) is 0 Å². The Kier molecular flexibility index (Phi) is 4.81. The molecule has 0 saturated carbocycles. The molecule has 2 aromatic rings. The van der Waals surface area contributed by atoms with E-state index >= 15 is 0 Å². The molecular weight excluding hydrogens is 307 g/mol. The topological polar surface area (TPSA) is 55.6 Å². The highest BCUT2D eigenvalue weighted by atomic mass is 19.1. The fourth-order valence-electron chi connectivity index (χ4n) is 3.25. The Bertz CT molecular complexity index is 718.